The van der Waals surface area contributed by atoms with Crippen LogP contribution in [0.3, 0.4) is 0 Å². The molecule has 142 valence electrons. The zero-order valence-corrected chi connectivity index (χ0v) is 16.8. The van der Waals surface area contributed by atoms with Crippen LogP contribution < -0.4 is 17.0 Å². The highest BCUT2D eigenvalue weighted by atomic mass is 28.4. The molecule has 4 N–H and O–H groups in total. The van der Waals surface area contributed by atoms with Crippen LogP contribution in [0.4, 0.5) is 0 Å². The molecule has 9 heteroatoms. The van der Waals surface area contributed by atoms with E-state index in [0.29, 0.717) is 5.56 Å². The number of aromatic nitrogens is 2. The Morgan fingerprint density at radius 3 is 2.64 bits per heavy atom. The fourth-order valence-corrected chi connectivity index (χ4v) is 3.42. The van der Waals surface area contributed by atoms with Crippen molar-refractivity contribution in [2.45, 2.75) is 70.3 Å². The molecule has 1 aliphatic rings. The molecule has 1 saturated heterocycles. The summed E-state index contributed by atoms with van der Waals surface area (Å²) >= 11 is 0. The Bertz CT molecular complexity index is 747. The van der Waals surface area contributed by atoms with Crippen molar-refractivity contribution in [3.63, 3.8) is 0 Å². The number of H-pyrrole nitrogens is 1. The first kappa shape index (κ1) is 20.1. The minimum Gasteiger partial charge on any atom is -0.414 e. The number of nitrogens with one attached hydrogen (secondary N) is 1. The molecular weight excluding hydrogens is 342 g/mol. The Balaban J connectivity index is 2.18. The fraction of sp³-hybridized carbons (Fsp3) is 0.750. The standard InChI is InChI=1S/C16H29N3O5Si/c1-10-8-19(14(21)18-13(10)20)12-7-16(17,22)11(24-12)9-23-25(5,6)15(2,3)4/h8,11-12,22H,7,9,17H2,1-6H3,(H,18,20,21)/t11-,12-,16+/m1/s1. The Morgan fingerprint density at radius 2 is 2.08 bits per heavy atom. The van der Waals surface area contributed by atoms with Gasteiger partial charge in [-0.1, -0.05) is 20.8 Å². The molecule has 1 fully saturated rings. The predicted octanol–water partition coefficient (Wildman–Crippen LogP) is 0.802. The average molecular weight is 372 g/mol. The van der Waals surface area contributed by atoms with Crippen molar-refractivity contribution in [3.05, 3.63) is 32.6 Å². The van der Waals surface area contributed by atoms with Crippen LogP contribution in [0, 0.1) is 6.92 Å². The number of aryl methyl sites for hydroxylation is 1. The van der Waals surface area contributed by atoms with E-state index >= 15 is 0 Å². The molecule has 2 heterocycles. The summed E-state index contributed by atoms with van der Waals surface area (Å²) in [6, 6.07) is 0. The fourth-order valence-electron chi connectivity index (χ4n) is 2.41. The van der Waals surface area contributed by atoms with Gasteiger partial charge in [0.1, 0.15) is 18.1 Å². The van der Waals surface area contributed by atoms with E-state index in [-0.39, 0.29) is 18.1 Å². The molecule has 0 saturated carbocycles. The molecule has 0 spiro atoms. The summed E-state index contributed by atoms with van der Waals surface area (Å²) in [5.41, 5.74) is 3.71. The van der Waals surface area contributed by atoms with Gasteiger partial charge in [-0.2, -0.15) is 0 Å². The number of aliphatic hydroxyl groups is 1. The third-order valence-corrected chi connectivity index (χ3v) is 9.74. The largest absolute Gasteiger partial charge is 0.414 e. The van der Waals surface area contributed by atoms with Gasteiger partial charge in [-0.25, -0.2) is 4.79 Å². The van der Waals surface area contributed by atoms with Crippen molar-refractivity contribution in [3.8, 4) is 0 Å². The summed E-state index contributed by atoms with van der Waals surface area (Å²) in [6.45, 7) is 12.3. The monoisotopic (exact) mass is 371 g/mol. The number of nitrogens with two attached hydrogens (primary N) is 1. The second kappa shape index (κ2) is 6.47. The summed E-state index contributed by atoms with van der Waals surface area (Å²) in [7, 11) is -2.03. The van der Waals surface area contributed by atoms with Crippen molar-refractivity contribution in [2.24, 2.45) is 5.73 Å². The molecule has 3 atom stereocenters. The highest BCUT2D eigenvalue weighted by molar-refractivity contribution is 6.74. The Hall–Kier alpha value is -1.26. The summed E-state index contributed by atoms with van der Waals surface area (Å²) in [6.07, 6.45) is -0.0695. The summed E-state index contributed by atoms with van der Waals surface area (Å²) in [5.74, 6) is 0. The summed E-state index contributed by atoms with van der Waals surface area (Å²) < 4.78 is 13.2. The average Bonchev–Trinajstić information content (AvgIpc) is 2.74. The van der Waals surface area contributed by atoms with Crippen molar-refractivity contribution in [2.75, 3.05) is 6.61 Å². The van der Waals surface area contributed by atoms with E-state index in [1.807, 2.05) is 0 Å². The van der Waals surface area contributed by atoms with Gasteiger partial charge in [0.05, 0.1) is 6.61 Å². The van der Waals surface area contributed by atoms with Gasteiger partial charge in [0, 0.05) is 18.2 Å². The third kappa shape index (κ3) is 4.12. The lowest BCUT2D eigenvalue weighted by atomic mass is 10.1. The van der Waals surface area contributed by atoms with E-state index in [1.54, 1.807) is 6.92 Å². The van der Waals surface area contributed by atoms with E-state index in [2.05, 4.69) is 38.8 Å². The topological polar surface area (TPSA) is 120 Å². The Labute approximate surface area is 148 Å². The maximum atomic E-state index is 12.0. The highest BCUT2D eigenvalue weighted by Crippen LogP contribution is 2.38. The van der Waals surface area contributed by atoms with Crippen molar-refractivity contribution in [1.82, 2.24) is 9.55 Å². The zero-order chi connectivity index (χ0) is 19.2. The molecule has 2 rings (SSSR count). The van der Waals surface area contributed by atoms with Crippen molar-refractivity contribution in [1.29, 1.82) is 0 Å². The summed E-state index contributed by atoms with van der Waals surface area (Å²) in [4.78, 5) is 25.8. The lowest BCUT2D eigenvalue weighted by molar-refractivity contribution is -0.0775. The quantitative estimate of drug-likeness (QED) is 0.532. The highest BCUT2D eigenvalue weighted by Gasteiger charge is 2.47. The van der Waals surface area contributed by atoms with Crippen LogP contribution >= 0.6 is 0 Å². The molecule has 0 amide bonds. The van der Waals surface area contributed by atoms with Gasteiger partial charge in [-0.05, 0) is 25.1 Å². The molecule has 0 aromatic carbocycles. The van der Waals surface area contributed by atoms with Gasteiger partial charge >= 0.3 is 5.69 Å². The molecule has 0 bridgehead atoms. The van der Waals surface area contributed by atoms with Gasteiger partial charge in [0.15, 0.2) is 8.32 Å². The first-order chi connectivity index (χ1) is 11.2. The van der Waals surface area contributed by atoms with Crippen LogP contribution in [0.5, 0.6) is 0 Å². The van der Waals surface area contributed by atoms with Gasteiger partial charge in [-0.3, -0.25) is 14.3 Å². The van der Waals surface area contributed by atoms with Crippen LogP contribution in [0.25, 0.3) is 0 Å². The SMILES string of the molecule is Cc1cn([C@H]2C[C@](N)(O)[C@@H](CO[Si](C)(C)C(C)(C)C)O2)c(=O)[nH]c1=O. The molecular formula is C16H29N3O5Si. The number of nitrogens with zero attached hydrogens (tertiary/aromatic N) is 1. The van der Waals surface area contributed by atoms with Crippen molar-refractivity contribution >= 4 is 8.32 Å². The van der Waals surface area contributed by atoms with Gasteiger partial charge in [0.2, 0.25) is 0 Å². The number of hydrogen-bond acceptors (Lipinski definition) is 6. The van der Waals surface area contributed by atoms with Crippen LogP contribution in [0.2, 0.25) is 18.1 Å². The molecule has 0 radical (unpaired) electrons. The van der Waals surface area contributed by atoms with E-state index in [0.717, 1.165) is 0 Å². The van der Waals surface area contributed by atoms with Crippen LogP contribution in [-0.2, 0) is 9.16 Å². The lowest BCUT2D eigenvalue weighted by Gasteiger charge is -2.37. The van der Waals surface area contributed by atoms with Gasteiger partial charge < -0.3 is 20.0 Å². The lowest BCUT2D eigenvalue weighted by Crippen LogP contribution is -2.52. The second-order valence-corrected chi connectivity index (χ2v) is 13.1. The number of hydrogen-bond donors (Lipinski definition) is 3. The summed E-state index contributed by atoms with van der Waals surface area (Å²) in [5, 5.41) is 10.5. The van der Waals surface area contributed by atoms with Crippen LogP contribution in [0.15, 0.2) is 15.8 Å². The van der Waals surface area contributed by atoms with Crippen LogP contribution in [0.1, 0.15) is 39.0 Å². The molecule has 0 aliphatic carbocycles. The minimum absolute atomic E-state index is 0.0185. The second-order valence-electron chi connectivity index (χ2n) is 8.32. The minimum atomic E-state index is -2.03. The van der Waals surface area contributed by atoms with E-state index in [4.69, 9.17) is 14.9 Å². The maximum absolute atomic E-state index is 12.0. The van der Waals surface area contributed by atoms with Crippen molar-refractivity contribution < 1.29 is 14.3 Å². The molecule has 25 heavy (non-hydrogen) atoms. The smallest absolute Gasteiger partial charge is 0.330 e. The zero-order valence-electron chi connectivity index (χ0n) is 15.8. The molecule has 0 unspecified atom stereocenters. The first-order valence-corrected chi connectivity index (χ1v) is 11.3. The molecule has 1 aromatic heterocycles. The number of ether oxygens (including phenoxy) is 1. The van der Waals surface area contributed by atoms with E-state index in [9.17, 15) is 14.7 Å². The number of rotatable bonds is 4. The predicted molar refractivity (Wildman–Crippen MR) is 96.9 cm³/mol. The third-order valence-electron chi connectivity index (χ3n) is 5.24. The Morgan fingerprint density at radius 1 is 1.48 bits per heavy atom. The molecule has 1 aliphatic heterocycles. The normalized spacial score (nSPS) is 27.7. The van der Waals surface area contributed by atoms with Gasteiger partial charge in [-0.15, -0.1) is 0 Å². The number of aromatic amines is 1. The van der Waals surface area contributed by atoms with Gasteiger partial charge in [0.25, 0.3) is 5.56 Å². The molecule has 1 aromatic rings. The molecule has 8 nitrogen and oxygen atoms in total. The van der Waals surface area contributed by atoms with E-state index < -0.39 is 37.6 Å². The first-order valence-electron chi connectivity index (χ1n) is 8.37. The Kier molecular flexibility index (Phi) is 5.19. The maximum Gasteiger partial charge on any atom is 0.330 e. The van der Waals surface area contributed by atoms with Crippen LogP contribution in [-0.4, -0.2) is 41.4 Å². The van der Waals surface area contributed by atoms with E-state index in [1.165, 1.54) is 10.8 Å².